The van der Waals surface area contributed by atoms with E-state index in [0.717, 1.165) is 37.7 Å². The van der Waals surface area contributed by atoms with Crippen LogP contribution < -0.4 is 10.3 Å². The number of hydrogen-bond acceptors (Lipinski definition) is 6. The van der Waals surface area contributed by atoms with Crippen LogP contribution in [0.3, 0.4) is 0 Å². The Hall–Kier alpha value is -2.18. The summed E-state index contributed by atoms with van der Waals surface area (Å²) >= 11 is 6.07. The molecule has 0 saturated carbocycles. The van der Waals surface area contributed by atoms with Gasteiger partial charge in [0.2, 0.25) is 0 Å². The van der Waals surface area contributed by atoms with Crippen LogP contribution in [-0.2, 0) is 4.74 Å². The van der Waals surface area contributed by atoms with Crippen LogP contribution in [0.15, 0.2) is 41.8 Å². The van der Waals surface area contributed by atoms with Crippen LogP contribution >= 0.6 is 11.6 Å². The highest BCUT2D eigenvalue weighted by atomic mass is 35.5. The van der Waals surface area contributed by atoms with Crippen molar-refractivity contribution in [3.8, 4) is 0 Å². The van der Waals surface area contributed by atoms with Crippen molar-refractivity contribution < 1.29 is 4.74 Å². The number of ether oxygens (including phenoxy) is 1. The molecule has 0 radical (unpaired) electrons. The first-order chi connectivity index (χ1) is 10.8. The molecule has 0 unspecified atom stereocenters. The molecule has 0 aliphatic carbocycles. The molecule has 3 rings (SSSR count). The third-order valence-electron chi connectivity index (χ3n) is 3.28. The van der Waals surface area contributed by atoms with Crippen molar-refractivity contribution >= 4 is 29.5 Å². The summed E-state index contributed by atoms with van der Waals surface area (Å²) in [7, 11) is 0. The average Bonchev–Trinajstić information content (AvgIpc) is 2.58. The van der Waals surface area contributed by atoms with Gasteiger partial charge in [-0.15, -0.1) is 0 Å². The van der Waals surface area contributed by atoms with E-state index in [9.17, 15) is 0 Å². The van der Waals surface area contributed by atoms with E-state index < -0.39 is 0 Å². The SMILES string of the molecule is Clc1ccccc1/C=N/Nc1cc(N2CCOCC2)ncn1. The van der Waals surface area contributed by atoms with Crippen LogP contribution in [0.1, 0.15) is 5.56 Å². The summed E-state index contributed by atoms with van der Waals surface area (Å²) < 4.78 is 5.34. The Labute approximate surface area is 133 Å². The maximum atomic E-state index is 6.07. The fourth-order valence-corrected chi connectivity index (χ4v) is 2.31. The Morgan fingerprint density at radius 3 is 2.86 bits per heavy atom. The average molecular weight is 318 g/mol. The van der Waals surface area contributed by atoms with Gasteiger partial charge in [-0.2, -0.15) is 5.10 Å². The van der Waals surface area contributed by atoms with Crippen molar-refractivity contribution in [1.82, 2.24) is 9.97 Å². The standard InChI is InChI=1S/C15H16ClN5O/c16-13-4-2-1-3-12(13)10-19-20-14-9-15(18-11-17-14)21-5-7-22-8-6-21/h1-4,9-11H,5-8H2,(H,17,18,20)/b19-10+. The van der Waals surface area contributed by atoms with Crippen molar-refractivity contribution in [2.75, 3.05) is 36.6 Å². The first-order valence-electron chi connectivity index (χ1n) is 7.01. The summed E-state index contributed by atoms with van der Waals surface area (Å²) in [6.07, 6.45) is 3.19. The monoisotopic (exact) mass is 317 g/mol. The largest absolute Gasteiger partial charge is 0.378 e. The first-order valence-corrected chi connectivity index (χ1v) is 7.39. The number of anilines is 2. The molecule has 1 aliphatic heterocycles. The zero-order valence-corrected chi connectivity index (χ0v) is 12.7. The van der Waals surface area contributed by atoms with Crippen LogP contribution in [0.25, 0.3) is 0 Å². The third-order valence-corrected chi connectivity index (χ3v) is 3.62. The number of benzene rings is 1. The minimum absolute atomic E-state index is 0.639. The molecule has 1 aromatic heterocycles. The molecule has 1 aromatic carbocycles. The van der Waals surface area contributed by atoms with Crippen LogP contribution in [0.4, 0.5) is 11.6 Å². The van der Waals surface area contributed by atoms with Gasteiger partial charge in [0, 0.05) is 29.7 Å². The first kappa shape index (κ1) is 14.7. The Balaban J connectivity index is 1.66. The van der Waals surface area contributed by atoms with Gasteiger partial charge in [0.15, 0.2) is 5.82 Å². The van der Waals surface area contributed by atoms with Gasteiger partial charge in [-0.25, -0.2) is 9.97 Å². The Kier molecular flexibility index (Phi) is 4.82. The molecule has 22 heavy (non-hydrogen) atoms. The Morgan fingerprint density at radius 1 is 1.23 bits per heavy atom. The molecule has 1 saturated heterocycles. The highest BCUT2D eigenvalue weighted by Gasteiger charge is 2.12. The predicted octanol–water partition coefficient (Wildman–Crippen LogP) is 2.41. The van der Waals surface area contributed by atoms with Gasteiger partial charge in [-0.1, -0.05) is 29.8 Å². The minimum atomic E-state index is 0.639. The van der Waals surface area contributed by atoms with E-state index in [-0.39, 0.29) is 0 Å². The van der Waals surface area contributed by atoms with Gasteiger partial charge in [0.25, 0.3) is 0 Å². The zero-order chi connectivity index (χ0) is 15.2. The van der Waals surface area contributed by atoms with Crippen molar-refractivity contribution in [2.24, 2.45) is 5.10 Å². The smallest absolute Gasteiger partial charge is 0.151 e. The number of hydrazone groups is 1. The van der Waals surface area contributed by atoms with E-state index in [0.29, 0.717) is 10.8 Å². The van der Waals surface area contributed by atoms with Crippen molar-refractivity contribution in [3.05, 3.63) is 47.2 Å². The molecule has 0 atom stereocenters. The second-order valence-corrected chi connectivity index (χ2v) is 5.16. The molecule has 6 nitrogen and oxygen atoms in total. The summed E-state index contributed by atoms with van der Waals surface area (Å²) in [5.74, 6) is 1.51. The lowest BCUT2D eigenvalue weighted by Crippen LogP contribution is -2.36. The van der Waals surface area contributed by atoms with Crippen LogP contribution in [0.5, 0.6) is 0 Å². The summed E-state index contributed by atoms with van der Waals surface area (Å²) in [6, 6.07) is 9.38. The number of morpholine rings is 1. The molecule has 0 bridgehead atoms. The number of nitrogens with zero attached hydrogens (tertiary/aromatic N) is 4. The van der Waals surface area contributed by atoms with E-state index in [1.807, 2.05) is 30.3 Å². The number of hydrogen-bond donors (Lipinski definition) is 1. The number of rotatable bonds is 4. The maximum Gasteiger partial charge on any atom is 0.151 e. The number of halogens is 1. The predicted molar refractivity (Wildman–Crippen MR) is 87.7 cm³/mol. The molecule has 1 aliphatic rings. The highest BCUT2D eigenvalue weighted by Crippen LogP contribution is 2.16. The third kappa shape index (κ3) is 3.72. The summed E-state index contributed by atoms with van der Waals surface area (Å²) in [6.45, 7) is 3.10. The lowest BCUT2D eigenvalue weighted by molar-refractivity contribution is 0.122. The molecular formula is C15H16ClN5O. The second kappa shape index (κ2) is 7.20. The van der Waals surface area contributed by atoms with E-state index in [1.165, 1.54) is 6.33 Å². The molecule has 1 N–H and O–H groups in total. The van der Waals surface area contributed by atoms with E-state index in [4.69, 9.17) is 16.3 Å². The summed E-state index contributed by atoms with van der Waals surface area (Å²) in [5, 5.41) is 4.82. The van der Waals surface area contributed by atoms with Gasteiger partial charge < -0.3 is 9.64 Å². The number of aromatic nitrogens is 2. The molecule has 7 heteroatoms. The lowest BCUT2D eigenvalue weighted by atomic mass is 10.2. The van der Waals surface area contributed by atoms with Crippen molar-refractivity contribution in [1.29, 1.82) is 0 Å². The van der Waals surface area contributed by atoms with Crippen LogP contribution in [0.2, 0.25) is 5.02 Å². The molecule has 2 heterocycles. The lowest BCUT2D eigenvalue weighted by Gasteiger charge is -2.27. The van der Waals surface area contributed by atoms with Gasteiger partial charge in [-0.3, -0.25) is 5.43 Å². The molecule has 2 aromatic rings. The van der Waals surface area contributed by atoms with Gasteiger partial charge in [0.1, 0.15) is 12.1 Å². The molecule has 114 valence electrons. The zero-order valence-electron chi connectivity index (χ0n) is 11.9. The maximum absolute atomic E-state index is 6.07. The number of nitrogens with one attached hydrogen (secondary N) is 1. The fourth-order valence-electron chi connectivity index (χ4n) is 2.12. The normalized spacial score (nSPS) is 15.2. The fraction of sp³-hybridized carbons (Fsp3) is 0.267. The molecule has 0 spiro atoms. The van der Waals surface area contributed by atoms with Crippen molar-refractivity contribution in [3.63, 3.8) is 0 Å². The van der Waals surface area contributed by atoms with Gasteiger partial charge in [0.05, 0.1) is 19.4 Å². The molecular weight excluding hydrogens is 302 g/mol. The van der Waals surface area contributed by atoms with Crippen LogP contribution in [-0.4, -0.2) is 42.5 Å². The van der Waals surface area contributed by atoms with E-state index >= 15 is 0 Å². The van der Waals surface area contributed by atoms with Crippen molar-refractivity contribution in [2.45, 2.75) is 0 Å². The van der Waals surface area contributed by atoms with Crippen LogP contribution in [0, 0.1) is 0 Å². The minimum Gasteiger partial charge on any atom is -0.378 e. The Bertz CT molecular complexity index is 658. The highest BCUT2D eigenvalue weighted by molar-refractivity contribution is 6.33. The van der Waals surface area contributed by atoms with E-state index in [1.54, 1.807) is 6.21 Å². The topological polar surface area (TPSA) is 62.6 Å². The van der Waals surface area contributed by atoms with E-state index in [2.05, 4.69) is 25.4 Å². The van der Waals surface area contributed by atoms with Gasteiger partial charge >= 0.3 is 0 Å². The summed E-state index contributed by atoms with van der Waals surface area (Å²) in [4.78, 5) is 10.6. The second-order valence-electron chi connectivity index (χ2n) is 4.75. The molecule has 0 amide bonds. The summed E-state index contributed by atoms with van der Waals surface area (Å²) in [5.41, 5.74) is 3.75. The quantitative estimate of drug-likeness (QED) is 0.693. The molecule has 1 fully saturated rings. The Morgan fingerprint density at radius 2 is 2.05 bits per heavy atom. The van der Waals surface area contributed by atoms with Gasteiger partial charge in [-0.05, 0) is 6.07 Å².